The summed E-state index contributed by atoms with van der Waals surface area (Å²) in [5.74, 6) is 0. The minimum Gasteiger partial charge on any atom is -0.0846 e. The lowest BCUT2D eigenvalue weighted by atomic mass is 10.1. The van der Waals surface area contributed by atoms with Gasteiger partial charge in [-0.3, -0.25) is 0 Å². The van der Waals surface area contributed by atoms with Crippen molar-refractivity contribution in [2.75, 3.05) is 0 Å². The highest BCUT2D eigenvalue weighted by atomic mass is 13.9. The zero-order valence-electron chi connectivity index (χ0n) is 11.1. The van der Waals surface area contributed by atoms with E-state index in [1.807, 2.05) is 0 Å². The van der Waals surface area contributed by atoms with Crippen LogP contribution < -0.4 is 0 Å². The normalized spacial score (nSPS) is 11.9. The minimum atomic E-state index is 1.10. The summed E-state index contributed by atoms with van der Waals surface area (Å²) in [5.41, 5.74) is 0. The number of unbranched alkanes of at least 4 members (excludes halogenated alkanes) is 8. The molecule has 0 unspecified atom stereocenters. The molecule has 0 nitrogen and oxygen atoms in total. The molecule has 16 heavy (non-hydrogen) atoms. The quantitative estimate of drug-likeness (QED) is 0.303. The van der Waals surface area contributed by atoms with Crippen LogP contribution in [0.15, 0.2) is 24.3 Å². The highest BCUT2D eigenvalue weighted by molar-refractivity contribution is 5.02. The first-order chi connectivity index (χ1) is 7.91. The fourth-order valence-corrected chi connectivity index (χ4v) is 1.66. The first-order valence-electron chi connectivity index (χ1n) is 7.02. The lowest BCUT2D eigenvalue weighted by Gasteiger charge is -1.98. The average Bonchev–Trinajstić information content (AvgIpc) is 2.31. The Morgan fingerprint density at radius 3 is 1.94 bits per heavy atom. The zero-order valence-corrected chi connectivity index (χ0v) is 11.1. The van der Waals surface area contributed by atoms with Crippen LogP contribution >= 0.6 is 0 Å². The number of hydrogen-bond donors (Lipinski definition) is 0. The molecule has 0 aromatic carbocycles. The average molecular weight is 221 g/mol. The van der Waals surface area contributed by atoms with Crippen molar-refractivity contribution in [1.29, 1.82) is 0 Å². The molecule has 0 spiro atoms. The summed E-state index contributed by atoms with van der Waals surface area (Å²) in [6.45, 7) is 6.07. The fourth-order valence-electron chi connectivity index (χ4n) is 1.66. The van der Waals surface area contributed by atoms with Crippen LogP contribution in [0.3, 0.4) is 0 Å². The fraction of sp³-hybridized carbons (Fsp3) is 0.688. The van der Waals surface area contributed by atoms with Gasteiger partial charge in [0.2, 0.25) is 0 Å². The standard InChI is InChI=1S/C16H29/c1-3-5-7-9-11-13-15-16-14-12-10-8-6-4-2/h8,10,12,14H,1,3-7,9,11,13,15-16H2,2H3/b10-8+,14-12+. The summed E-state index contributed by atoms with van der Waals surface area (Å²) in [7, 11) is 0. The first kappa shape index (κ1) is 15.5. The van der Waals surface area contributed by atoms with Crippen molar-refractivity contribution in [3.8, 4) is 0 Å². The van der Waals surface area contributed by atoms with E-state index in [9.17, 15) is 0 Å². The molecule has 0 aliphatic heterocycles. The Kier molecular flexibility index (Phi) is 14.0. The van der Waals surface area contributed by atoms with Crippen LogP contribution in [0.5, 0.6) is 0 Å². The maximum Gasteiger partial charge on any atom is -0.0348 e. The van der Waals surface area contributed by atoms with E-state index >= 15 is 0 Å². The molecular formula is C16H29. The van der Waals surface area contributed by atoms with E-state index in [-0.39, 0.29) is 0 Å². The van der Waals surface area contributed by atoms with Gasteiger partial charge in [-0.1, -0.05) is 83.1 Å². The van der Waals surface area contributed by atoms with Crippen LogP contribution in [0, 0.1) is 6.92 Å². The van der Waals surface area contributed by atoms with Crippen molar-refractivity contribution in [3.63, 3.8) is 0 Å². The topological polar surface area (TPSA) is 0 Å². The van der Waals surface area contributed by atoms with Crippen LogP contribution in [0.2, 0.25) is 0 Å². The Bertz CT molecular complexity index is 165. The van der Waals surface area contributed by atoms with Gasteiger partial charge in [0.25, 0.3) is 0 Å². The molecule has 0 heteroatoms. The van der Waals surface area contributed by atoms with Gasteiger partial charge in [-0.25, -0.2) is 0 Å². The number of allylic oxidation sites excluding steroid dienone is 4. The maximum atomic E-state index is 3.86. The van der Waals surface area contributed by atoms with E-state index in [1.165, 1.54) is 57.8 Å². The molecule has 0 aliphatic carbocycles. The van der Waals surface area contributed by atoms with Crippen molar-refractivity contribution in [2.45, 2.75) is 71.1 Å². The summed E-state index contributed by atoms with van der Waals surface area (Å²) in [4.78, 5) is 0. The van der Waals surface area contributed by atoms with Crippen LogP contribution in [-0.4, -0.2) is 0 Å². The summed E-state index contributed by atoms with van der Waals surface area (Å²) in [6.07, 6.45) is 21.9. The van der Waals surface area contributed by atoms with Gasteiger partial charge >= 0.3 is 0 Å². The summed E-state index contributed by atoms with van der Waals surface area (Å²) >= 11 is 0. The predicted molar refractivity (Wildman–Crippen MR) is 75.5 cm³/mol. The van der Waals surface area contributed by atoms with Gasteiger partial charge in [0.05, 0.1) is 0 Å². The van der Waals surface area contributed by atoms with Crippen LogP contribution in [0.1, 0.15) is 71.1 Å². The molecule has 0 heterocycles. The van der Waals surface area contributed by atoms with Crippen molar-refractivity contribution in [1.82, 2.24) is 0 Å². The number of hydrogen-bond acceptors (Lipinski definition) is 0. The maximum absolute atomic E-state index is 3.86. The van der Waals surface area contributed by atoms with Crippen molar-refractivity contribution in [2.24, 2.45) is 0 Å². The first-order valence-corrected chi connectivity index (χ1v) is 7.02. The van der Waals surface area contributed by atoms with Gasteiger partial charge in [0, 0.05) is 0 Å². The summed E-state index contributed by atoms with van der Waals surface area (Å²) < 4.78 is 0. The van der Waals surface area contributed by atoms with Crippen LogP contribution in [0.25, 0.3) is 0 Å². The molecule has 1 radical (unpaired) electrons. The van der Waals surface area contributed by atoms with Crippen LogP contribution in [0.4, 0.5) is 0 Å². The molecular weight excluding hydrogens is 192 g/mol. The third kappa shape index (κ3) is 13.5. The summed E-state index contributed by atoms with van der Waals surface area (Å²) in [6, 6.07) is 0. The lowest BCUT2D eigenvalue weighted by molar-refractivity contribution is 0.599. The van der Waals surface area contributed by atoms with E-state index in [2.05, 4.69) is 38.2 Å². The van der Waals surface area contributed by atoms with Crippen molar-refractivity contribution >= 4 is 0 Å². The highest BCUT2D eigenvalue weighted by Crippen LogP contribution is 2.08. The van der Waals surface area contributed by atoms with Gasteiger partial charge in [-0.2, -0.15) is 0 Å². The molecule has 0 saturated heterocycles. The minimum absolute atomic E-state index is 1.10. The largest absolute Gasteiger partial charge is 0.0846 e. The van der Waals surface area contributed by atoms with E-state index in [0.717, 1.165) is 6.42 Å². The molecule has 0 fully saturated rings. The van der Waals surface area contributed by atoms with Crippen molar-refractivity contribution in [3.05, 3.63) is 31.2 Å². The third-order valence-electron chi connectivity index (χ3n) is 2.71. The van der Waals surface area contributed by atoms with Crippen molar-refractivity contribution < 1.29 is 0 Å². The Hall–Kier alpha value is -0.520. The molecule has 0 N–H and O–H groups in total. The molecule has 0 rings (SSSR count). The Morgan fingerprint density at radius 2 is 1.31 bits per heavy atom. The van der Waals surface area contributed by atoms with E-state index in [0.29, 0.717) is 0 Å². The molecule has 0 aliphatic rings. The zero-order chi connectivity index (χ0) is 11.9. The molecule has 0 bridgehead atoms. The second-order valence-electron chi connectivity index (χ2n) is 4.41. The monoisotopic (exact) mass is 221 g/mol. The third-order valence-corrected chi connectivity index (χ3v) is 2.71. The Morgan fingerprint density at radius 1 is 0.750 bits per heavy atom. The Balaban J connectivity index is 3.08. The van der Waals surface area contributed by atoms with E-state index in [1.54, 1.807) is 0 Å². The van der Waals surface area contributed by atoms with Gasteiger partial charge in [0.15, 0.2) is 0 Å². The molecule has 93 valence electrons. The smallest absolute Gasteiger partial charge is 0.0348 e. The lowest BCUT2D eigenvalue weighted by Crippen LogP contribution is -1.78. The van der Waals surface area contributed by atoms with Crippen LogP contribution in [-0.2, 0) is 0 Å². The Labute approximate surface area is 103 Å². The molecule has 0 amide bonds. The molecule has 0 atom stereocenters. The van der Waals surface area contributed by atoms with E-state index < -0.39 is 0 Å². The SMILES string of the molecule is [CH2]CCCCCCCC/C=C/C=C/CCC. The van der Waals surface area contributed by atoms with E-state index in [4.69, 9.17) is 0 Å². The summed E-state index contributed by atoms with van der Waals surface area (Å²) in [5, 5.41) is 0. The second-order valence-corrected chi connectivity index (χ2v) is 4.41. The van der Waals surface area contributed by atoms with Gasteiger partial charge in [-0.15, -0.1) is 0 Å². The molecule has 0 saturated carbocycles. The van der Waals surface area contributed by atoms with Gasteiger partial charge < -0.3 is 0 Å². The number of rotatable bonds is 11. The predicted octanol–water partition coefficient (Wildman–Crippen LogP) is 5.85. The second kappa shape index (κ2) is 14.5. The van der Waals surface area contributed by atoms with Gasteiger partial charge in [-0.05, 0) is 19.3 Å². The van der Waals surface area contributed by atoms with Gasteiger partial charge in [0.1, 0.15) is 0 Å². The molecule has 0 aromatic rings. The molecule has 0 aromatic heterocycles. The highest BCUT2D eigenvalue weighted by Gasteiger charge is 1.88.